The summed E-state index contributed by atoms with van der Waals surface area (Å²) in [6, 6.07) is 8.57. The third-order valence-corrected chi connectivity index (χ3v) is 4.41. The van der Waals surface area contributed by atoms with Crippen LogP contribution in [0.4, 0.5) is 10.1 Å². The summed E-state index contributed by atoms with van der Waals surface area (Å²) in [6.45, 7) is 0. The number of hydrogen-bond acceptors (Lipinski definition) is 6. The van der Waals surface area contributed by atoms with Crippen molar-refractivity contribution in [2.45, 2.75) is 12.5 Å². The molecular weight excluding hydrogens is 379 g/mol. The molecule has 1 amide bonds. The van der Waals surface area contributed by atoms with Crippen LogP contribution in [0.5, 0.6) is 11.5 Å². The number of ether oxygens (including phenoxy) is 3. The van der Waals surface area contributed by atoms with Crippen LogP contribution < -0.4 is 19.7 Å². The van der Waals surface area contributed by atoms with E-state index in [1.807, 2.05) is 0 Å². The summed E-state index contributed by atoms with van der Waals surface area (Å²) in [5.41, 5.74) is 1.13. The molecule has 0 saturated heterocycles. The molecule has 0 radical (unpaired) electrons. The molecule has 0 aliphatic carbocycles. The van der Waals surface area contributed by atoms with E-state index in [1.165, 1.54) is 33.5 Å². The maximum absolute atomic E-state index is 14.2. The molecule has 8 heteroatoms. The van der Waals surface area contributed by atoms with Gasteiger partial charge in [-0.1, -0.05) is 6.07 Å². The summed E-state index contributed by atoms with van der Waals surface area (Å²) in [6.07, 6.45) is -0.101. The van der Waals surface area contributed by atoms with Gasteiger partial charge in [-0.2, -0.15) is 0 Å². The van der Waals surface area contributed by atoms with E-state index < -0.39 is 23.7 Å². The van der Waals surface area contributed by atoms with Crippen molar-refractivity contribution in [1.82, 2.24) is 5.32 Å². The first-order chi connectivity index (χ1) is 13.8. The van der Waals surface area contributed by atoms with Gasteiger partial charge in [0.1, 0.15) is 5.82 Å². The summed E-state index contributed by atoms with van der Waals surface area (Å²) in [5.74, 6) is -0.563. The van der Waals surface area contributed by atoms with Gasteiger partial charge in [-0.15, -0.1) is 0 Å². The summed E-state index contributed by atoms with van der Waals surface area (Å²) in [5, 5.41) is 2.76. The highest BCUT2D eigenvalue weighted by molar-refractivity contribution is 5.95. The summed E-state index contributed by atoms with van der Waals surface area (Å²) in [7, 11) is 7.69. The molecule has 2 rings (SSSR count). The number of nitrogens with one attached hydrogen (secondary N) is 1. The SMILES string of the molecule is COC(=O)CC(NC(=O)c1ccc(N(C)C)c(F)c1)c1ccc(OC)c(OC)c1. The van der Waals surface area contributed by atoms with Crippen molar-refractivity contribution in [2.24, 2.45) is 0 Å². The number of carbonyl (C=O) groups is 2. The Bertz CT molecular complexity index is 885. The number of anilines is 1. The molecule has 2 aromatic rings. The number of nitrogens with zero attached hydrogens (tertiary/aromatic N) is 1. The number of esters is 1. The van der Waals surface area contributed by atoms with Gasteiger partial charge in [-0.3, -0.25) is 9.59 Å². The van der Waals surface area contributed by atoms with E-state index >= 15 is 0 Å². The Morgan fingerprint density at radius 1 is 1.03 bits per heavy atom. The van der Waals surface area contributed by atoms with Gasteiger partial charge in [0.15, 0.2) is 11.5 Å². The lowest BCUT2D eigenvalue weighted by atomic mass is 10.0. The molecule has 0 aliphatic heterocycles. The van der Waals surface area contributed by atoms with Crippen molar-refractivity contribution in [3.8, 4) is 11.5 Å². The molecule has 0 saturated carbocycles. The number of rotatable bonds is 8. The quantitative estimate of drug-likeness (QED) is 0.682. The van der Waals surface area contributed by atoms with Crippen LogP contribution in [-0.4, -0.2) is 47.3 Å². The molecule has 0 fully saturated rings. The number of hydrogen-bond donors (Lipinski definition) is 1. The van der Waals surface area contributed by atoms with Crippen molar-refractivity contribution >= 4 is 17.6 Å². The van der Waals surface area contributed by atoms with Gasteiger partial charge in [-0.05, 0) is 35.9 Å². The van der Waals surface area contributed by atoms with Crippen molar-refractivity contribution < 1.29 is 28.2 Å². The van der Waals surface area contributed by atoms with Crippen molar-refractivity contribution in [3.05, 3.63) is 53.3 Å². The topological polar surface area (TPSA) is 77.1 Å². The second-order valence-electron chi connectivity index (χ2n) is 6.48. The summed E-state index contributed by atoms with van der Waals surface area (Å²) >= 11 is 0. The number of halogens is 1. The van der Waals surface area contributed by atoms with E-state index in [0.717, 1.165) is 6.07 Å². The first-order valence-electron chi connectivity index (χ1n) is 8.87. The van der Waals surface area contributed by atoms with Crippen LogP contribution in [0, 0.1) is 5.82 Å². The lowest BCUT2D eigenvalue weighted by molar-refractivity contribution is -0.141. The van der Waals surface area contributed by atoms with E-state index in [2.05, 4.69) is 5.32 Å². The summed E-state index contributed by atoms with van der Waals surface area (Å²) < 4.78 is 29.5. The average Bonchev–Trinajstić information content (AvgIpc) is 2.71. The van der Waals surface area contributed by atoms with Crippen LogP contribution in [-0.2, 0) is 9.53 Å². The molecular formula is C21H25FN2O5. The van der Waals surface area contributed by atoms with Gasteiger partial charge in [0, 0.05) is 19.7 Å². The lowest BCUT2D eigenvalue weighted by Crippen LogP contribution is -2.30. The molecule has 0 spiro atoms. The van der Waals surface area contributed by atoms with E-state index in [4.69, 9.17) is 14.2 Å². The molecule has 0 aromatic heterocycles. The van der Waals surface area contributed by atoms with Gasteiger partial charge < -0.3 is 24.4 Å². The number of carbonyl (C=O) groups excluding carboxylic acids is 2. The molecule has 0 bridgehead atoms. The molecule has 29 heavy (non-hydrogen) atoms. The van der Waals surface area contributed by atoms with Crippen LogP contribution in [0.15, 0.2) is 36.4 Å². The second-order valence-corrected chi connectivity index (χ2v) is 6.48. The van der Waals surface area contributed by atoms with Gasteiger partial charge in [0.2, 0.25) is 0 Å². The number of methoxy groups -OCH3 is 3. The van der Waals surface area contributed by atoms with Crippen LogP contribution in [0.25, 0.3) is 0 Å². The Labute approximate surface area is 169 Å². The molecule has 1 atom stereocenters. The highest BCUT2D eigenvalue weighted by atomic mass is 19.1. The molecule has 0 heterocycles. The minimum atomic E-state index is -0.702. The van der Waals surface area contributed by atoms with Gasteiger partial charge in [0.05, 0.1) is 39.5 Å². The zero-order chi connectivity index (χ0) is 21.6. The van der Waals surface area contributed by atoms with Crippen LogP contribution in [0.3, 0.4) is 0 Å². The van der Waals surface area contributed by atoms with Crippen molar-refractivity contribution in [2.75, 3.05) is 40.3 Å². The fourth-order valence-corrected chi connectivity index (χ4v) is 2.82. The first kappa shape index (κ1) is 22.0. The van der Waals surface area contributed by atoms with Gasteiger partial charge in [-0.25, -0.2) is 4.39 Å². The lowest BCUT2D eigenvalue weighted by Gasteiger charge is -2.20. The molecule has 7 nitrogen and oxygen atoms in total. The normalized spacial score (nSPS) is 11.4. The largest absolute Gasteiger partial charge is 0.493 e. The Balaban J connectivity index is 2.32. The van der Waals surface area contributed by atoms with E-state index in [9.17, 15) is 14.0 Å². The number of benzene rings is 2. The minimum Gasteiger partial charge on any atom is -0.493 e. The molecule has 156 valence electrons. The minimum absolute atomic E-state index is 0.101. The van der Waals surface area contributed by atoms with E-state index in [-0.39, 0.29) is 12.0 Å². The standard InChI is InChI=1S/C21H25FN2O5/c1-24(2)17-8-6-14(10-15(17)22)21(26)23-16(12-20(25)29-5)13-7-9-18(27-3)19(11-13)28-4/h6-11,16H,12H2,1-5H3,(H,23,26). The zero-order valence-electron chi connectivity index (χ0n) is 17.1. The Morgan fingerprint density at radius 2 is 1.72 bits per heavy atom. The van der Waals surface area contributed by atoms with Crippen LogP contribution >= 0.6 is 0 Å². The van der Waals surface area contributed by atoms with E-state index in [1.54, 1.807) is 37.2 Å². The van der Waals surface area contributed by atoms with Crippen molar-refractivity contribution in [1.29, 1.82) is 0 Å². The third-order valence-electron chi connectivity index (χ3n) is 4.41. The third kappa shape index (κ3) is 5.37. The highest BCUT2D eigenvalue weighted by Gasteiger charge is 2.22. The van der Waals surface area contributed by atoms with Crippen LogP contribution in [0.2, 0.25) is 0 Å². The zero-order valence-corrected chi connectivity index (χ0v) is 17.1. The Morgan fingerprint density at radius 3 is 2.28 bits per heavy atom. The van der Waals surface area contributed by atoms with Crippen molar-refractivity contribution in [3.63, 3.8) is 0 Å². The van der Waals surface area contributed by atoms with Crippen LogP contribution in [0.1, 0.15) is 28.4 Å². The first-order valence-corrected chi connectivity index (χ1v) is 8.87. The van der Waals surface area contributed by atoms with Gasteiger partial charge >= 0.3 is 5.97 Å². The highest BCUT2D eigenvalue weighted by Crippen LogP contribution is 2.31. The fraction of sp³-hybridized carbons (Fsp3) is 0.333. The summed E-state index contributed by atoms with van der Waals surface area (Å²) in [4.78, 5) is 26.2. The molecule has 1 N–H and O–H groups in total. The Kier molecular flexibility index (Phi) is 7.41. The molecule has 2 aromatic carbocycles. The monoisotopic (exact) mass is 404 g/mol. The fourth-order valence-electron chi connectivity index (χ4n) is 2.82. The van der Waals surface area contributed by atoms with Gasteiger partial charge in [0.25, 0.3) is 5.91 Å². The molecule has 0 aliphatic rings. The number of amides is 1. The average molecular weight is 404 g/mol. The maximum Gasteiger partial charge on any atom is 0.307 e. The predicted octanol–water partition coefficient (Wildman–Crippen LogP) is 2.94. The molecule has 1 unspecified atom stereocenters. The van der Waals surface area contributed by atoms with E-state index in [0.29, 0.717) is 22.7 Å². The predicted molar refractivity (Wildman–Crippen MR) is 107 cm³/mol. The Hall–Kier alpha value is -3.29. The second kappa shape index (κ2) is 9.77. The maximum atomic E-state index is 14.2. The smallest absolute Gasteiger partial charge is 0.307 e.